The van der Waals surface area contributed by atoms with Crippen LogP contribution in [0, 0.1) is 5.82 Å². The van der Waals surface area contributed by atoms with Crippen LogP contribution in [0.25, 0.3) is 6.08 Å². The fourth-order valence-corrected chi connectivity index (χ4v) is 3.20. The van der Waals surface area contributed by atoms with E-state index in [-0.39, 0.29) is 17.3 Å². The third-order valence-electron chi connectivity index (χ3n) is 3.64. The number of benzene rings is 2. The molecule has 1 aliphatic heterocycles. The number of ether oxygens (including phenoxy) is 1. The minimum absolute atomic E-state index is 0.150. The van der Waals surface area contributed by atoms with Crippen molar-refractivity contribution in [2.75, 3.05) is 6.54 Å². The van der Waals surface area contributed by atoms with Crippen LogP contribution in [0.5, 0.6) is 5.75 Å². The molecule has 1 heterocycles. The predicted molar refractivity (Wildman–Crippen MR) is 97.5 cm³/mol. The minimum atomic E-state index is -1.25. The summed E-state index contributed by atoms with van der Waals surface area (Å²) < 4.78 is 18.6. The summed E-state index contributed by atoms with van der Waals surface area (Å²) in [6.07, 6.45) is 1.51. The van der Waals surface area contributed by atoms with E-state index in [2.05, 4.69) is 0 Å². The lowest BCUT2D eigenvalue weighted by Crippen LogP contribution is -2.33. The molecular weight excluding hydrogens is 373 g/mol. The van der Waals surface area contributed by atoms with Crippen LogP contribution in [-0.4, -0.2) is 33.7 Å². The first-order chi connectivity index (χ1) is 12.9. The molecule has 2 aromatic carbocycles. The quantitative estimate of drug-likeness (QED) is 0.764. The summed E-state index contributed by atoms with van der Waals surface area (Å²) in [6, 6.07) is 12.8. The van der Waals surface area contributed by atoms with Crippen LogP contribution in [0.15, 0.2) is 53.4 Å². The smallest absolute Gasteiger partial charge is 0.323 e. The zero-order valence-electron chi connectivity index (χ0n) is 13.9. The largest absolute Gasteiger partial charge is 0.489 e. The molecule has 2 amide bonds. The first-order valence-electron chi connectivity index (χ1n) is 7.87. The van der Waals surface area contributed by atoms with E-state index >= 15 is 0 Å². The molecule has 0 spiro atoms. The van der Waals surface area contributed by atoms with Crippen LogP contribution in [0.3, 0.4) is 0 Å². The van der Waals surface area contributed by atoms with E-state index in [9.17, 15) is 18.8 Å². The van der Waals surface area contributed by atoms with Gasteiger partial charge < -0.3 is 9.84 Å². The number of imide groups is 1. The van der Waals surface area contributed by atoms with Gasteiger partial charge in [-0.25, -0.2) is 4.39 Å². The van der Waals surface area contributed by atoms with E-state index in [1.807, 2.05) is 0 Å². The first kappa shape index (κ1) is 18.7. The maximum atomic E-state index is 12.9. The standard InChI is InChI=1S/C19H14FNO5S/c20-14-6-4-12(5-7-14)11-26-15-3-1-2-13(8-15)9-16-18(24)21(10-17(22)23)19(25)27-16/h1-9H,10-11H2,(H,22,23)/b16-9+. The Balaban J connectivity index is 1.71. The molecule has 6 nitrogen and oxygen atoms in total. The highest BCUT2D eigenvalue weighted by Gasteiger charge is 2.36. The summed E-state index contributed by atoms with van der Waals surface area (Å²) in [6.45, 7) is -0.415. The van der Waals surface area contributed by atoms with Crippen LogP contribution in [-0.2, 0) is 16.2 Å². The summed E-state index contributed by atoms with van der Waals surface area (Å²) in [5.41, 5.74) is 1.43. The minimum Gasteiger partial charge on any atom is -0.489 e. The Hall–Kier alpha value is -3.13. The van der Waals surface area contributed by atoms with Crippen molar-refractivity contribution in [3.8, 4) is 5.75 Å². The van der Waals surface area contributed by atoms with Gasteiger partial charge in [-0.05, 0) is 53.2 Å². The SMILES string of the molecule is O=C(O)CN1C(=O)S/C(=C/c2cccc(OCc3ccc(F)cc3)c2)C1=O. The van der Waals surface area contributed by atoms with Crippen LogP contribution in [0.1, 0.15) is 11.1 Å². The zero-order chi connectivity index (χ0) is 19.4. The fraction of sp³-hybridized carbons (Fsp3) is 0.105. The van der Waals surface area contributed by atoms with Crippen LogP contribution >= 0.6 is 11.8 Å². The molecule has 0 bridgehead atoms. The second kappa shape index (κ2) is 8.05. The lowest BCUT2D eigenvalue weighted by atomic mass is 10.2. The molecule has 0 atom stereocenters. The van der Waals surface area contributed by atoms with Gasteiger partial charge >= 0.3 is 5.97 Å². The first-order valence-corrected chi connectivity index (χ1v) is 8.68. The van der Waals surface area contributed by atoms with Crippen molar-refractivity contribution in [2.24, 2.45) is 0 Å². The van der Waals surface area contributed by atoms with Gasteiger partial charge in [-0.3, -0.25) is 19.3 Å². The van der Waals surface area contributed by atoms with Crippen molar-refractivity contribution in [2.45, 2.75) is 6.61 Å². The van der Waals surface area contributed by atoms with Crippen molar-refractivity contribution in [1.82, 2.24) is 4.90 Å². The molecule has 2 aromatic rings. The monoisotopic (exact) mass is 387 g/mol. The molecule has 0 saturated carbocycles. The normalized spacial score (nSPS) is 15.4. The van der Waals surface area contributed by atoms with E-state index in [0.717, 1.165) is 5.56 Å². The van der Waals surface area contributed by atoms with E-state index in [4.69, 9.17) is 9.84 Å². The number of hydrogen-bond acceptors (Lipinski definition) is 5. The highest BCUT2D eigenvalue weighted by atomic mass is 32.2. The third kappa shape index (κ3) is 4.73. The van der Waals surface area contributed by atoms with Gasteiger partial charge in [-0.15, -0.1) is 0 Å². The molecule has 8 heteroatoms. The van der Waals surface area contributed by atoms with Crippen LogP contribution in [0.4, 0.5) is 9.18 Å². The second-order valence-electron chi connectivity index (χ2n) is 5.65. The summed E-state index contributed by atoms with van der Waals surface area (Å²) in [5.74, 6) is -1.67. The number of thioether (sulfide) groups is 1. The van der Waals surface area contributed by atoms with Crippen molar-refractivity contribution >= 4 is 35.0 Å². The summed E-state index contributed by atoms with van der Waals surface area (Å²) >= 11 is 0.695. The molecular formula is C19H14FNO5S. The number of amides is 2. The summed E-state index contributed by atoms with van der Waals surface area (Å²) in [7, 11) is 0. The van der Waals surface area contributed by atoms with Crippen molar-refractivity contribution in [3.63, 3.8) is 0 Å². The van der Waals surface area contributed by atoms with Crippen molar-refractivity contribution < 1.29 is 28.6 Å². The zero-order valence-corrected chi connectivity index (χ0v) is 14.7. The molecule has 1 saturated heterocycles. The highest BCUT2D eigenvalue weighted by molar-refractivity contribution is 8.18. The Morgan fingerprint density at radius 3 is 2.63 bits per heavy atom. The van der Waals surface area contributed by atoms with E-state index < -0.39 is 23.7 Å². The van der Waals surface area contributed by atoms with Crippen LogP contribution < -0.4 is 4.74 Å². The van der Waals surface area contributed by atoms with Gasteiger partial charge in [-0.2, -0.15) is 0 Å². The molecule has 0 aromatic heterocycles. The van der Waals surface area contributed by atoms with E-state index in [1.165, 1.54) is 18.2 Å². The fourth-order valence-electron chi connectivity index (χ4n) is 2.36. The number of carbonyl (C=O) groups is 3. The molecule has 0 aliphatic carbocycles. The van der Waals surface area contributed by atoms with Crippen molar-refractivity contribution in [1.29, 1.82) is 0 Å². The highest BCUT2D eigenvalue weighted by Crippen LogP contribution is 2.32. The van der Waals surface area contributed by atoms with Gasteiger partial charge in [-0.1, -0.05) is 24.3 Å². The lowest BCUT2D eigenvalue weighted by molar-refractivity contribution is -0.140. The third-order valence-corrected chi connectivity index (χ3v) is 4.55. The number of carboxylic acid groups (broad SMARTS) is 1. The van der Waals surface area contributed by atoms with Gasteiger partial charge in [0.15, 0.2) is 0 Å². The molecule has 3 rings (SSSR count). The summed E-state index contributed by atoms with van der Waals surface area (Å²) in [5, 5.41) is 8.16. The Morgan fingerprint density at radius 1 is 1.19 bits per heavy atom. The number of aliphatic carboxylic acids is 1. The van der Waals surface area contributed by atoms with E-state index in [0.29, 0.717) is 28.0 Å². The number of hydrogen-bond donors (Lipinski definition) is 1. The van der Waals surface area contributed by atoms with Gasteiger partial charge in [0.2, 0.25) is 0 Å². The molecule has 27 heavy (non-hydrogen) atoms. The second-order valence-corrected chi connectivity index (χ2v) is 6.64. The predicted octanol–water partition coefficient (Wildman–Crippen LogP) is 3.53. The Bertz CT molecular complexity index is 926. The molecule has 138 valence electrons. The average Bonchev–Trinajstić information content (AvgIpc) is 2.89. The number of carboxylic acids is 1. The number of halogens is 1. The number of nitrogens with zero attached hydrogens (tertiary/aromatic N) is 1. The number of carbonyl (C=O) groups excluding carboxylic acids is 2. The van der Waals surface area contributed by atoms with E-state index in [1.54, 1.807) is 36.4 Å². The Labute approximate surface area is 158 Å². The molecule has 1 aliphatic rings. The maximum Gasteiger partial charge on any atom is 0.323 e. The topological polar surface area (TPSA) is 83.9 Å². The van der Waals surface area contributed by atoms with Gasteiger partial charge in [0.05, 0.1) is 4.91 Å². The van der Waals surface area contributed by atoms with Crippen molar-refractivity contribution in [3.05, 3.63) is 70.4 Å². The van der Waals surface area contributed by atoms with Gasteiger partial charge in [0, 0.05) is 0 Å². The summed E-state index contributed by atoms with van der Waals surface area (Å²) in [4.78, 5) is 35.5. The molecule has 1 fully saturated rings. The molecule has 0 unspecified atom stereocenters. The van der Waals surface area contributed by atoms with Crippen LogP contribution in [0.2, 0.25) is 0 Å². The number of rotatable bonds is 6. The lowest BCUT2D eigenvalue weighted by Gasteiger charge is -2.08. The van der Waals surface area contributed by atoms with Gasteiger partial charge in [0.1, 0.15) is 24.7 Å². The molecule has 0 radical (unpaired) electrons. The van der Waals surface area contributed by atoms with Gasteiger partial charge in [0.25, 0.3) is 11.1 Å². The maximum absolute atomic E-state index is 12.9. The Kier molecular flexibility index (Phi) is 5.56. The Morgan fingerprint density at radius 2 is 1.93 bits per heavy atom. The average molecular weight is 387 g/mol. The molecule has 1 N–H and O–H groups in total.